The van der Waals surface area contributed by atoms with Crippen molar-refractivity contribution < 1.29 is 11.0 Å². The Bertz CT molecular complexity index is 77.4. The van der Waals surface area contributed by atoms with E-state index in [0.29, 0.717) is 13.0 Å². The maximum absolute atomic E-state index is 10.4. The van der Waals surface area contributed by atoms with Crippen molar-refractivity contribution in [3.8, 4) is 0 Å². The molecule has 0 aromatic carbocycles. The Morgan fingerprint density at radius 3 is 2.88 bits per heavy atom. The Kier molecular flexibility index (Phi) is 5.57. The molecule has 0 aliphatic carbocycles. The second-order valence-corrected chi connectivity index (χ2v) is 2.57. The summed E-state index contributed by atoms with van der Waals surface area (Å²) in [6, 6.07) is 0. The van der Waals surface area contributed by atoms with Crippen molar-refractivity contribution in [1.29, 1.82) is 0 Å². The molecule has 0 bridgehead atoms. The fourth-order valence-electron chi connectivity index (χ4n) is 0.262. The number of hydrogen-bond acceptors (Lipinski definition) is 2. The Morgan fingerprint density at radius 2 is 2.50 bits per heavy atom. The molecule has 0 heterocycles. The maximum Gasteiger partial charge on any atom is 1.00 e. The molecule has 0 aliphatic rings. The standard InChI is InChI=1S/C5H10O2Te/c1-2-5(6)7-3-4-8/h8H,2-4H2,1H3/p+1. The third kappa shape index (κ3) is 4.42. The monoisotopic (exact) mass is 233 g/mol. The van der Waals surface area contributed by atoms with Crippen molar-refractivity contribution in [2.24, 2.45) is 0 Å². The fraction of sp³-hybridized carbons (Fsp3) is 0.800. The van der Waals surface area contributed by atoms with Crippen molar-refractivity contribution in [2.45, 2.75) is 17.8 Å². The van der Waals surface area contributed by atoms with Gasteiger partial charge in [-0.3, -0.25) is 0 Å². The Labute approximate surface area is 64.0 Å². The number of carbonyl (C=O) groups is 1. The van der Waals surface area contributed by atoms with Gasteiger partial charge in [-0.15, -0.1) is 0 Å². The molecule has 2 nitrogen and oxygen atoms in total. The first kappa shape index (κ1) is 8.26. The van der Waals surface area contributed by atoms with E-state index in [9.17, 15) is 4.79 Å². The number of ether oxygens (including phenoxy) is 1. The average Bonchev–Trinajstić information content (AvgIpc) is 1.83. The van der Waals surface area contributed by atoms with Crippen molar-refractivity contribution in [2.75, 3.05) is 6.61 Å². The molecule has 0 radical (unpaired) electrons. The average molecular weight is 231 g/mol. The van der Waals surface area contributed by atoms with Crippen LogP contribution in [0.1, 0.15) is 14.8 Å². The summed E-state index contributed by atoms with van der Waals surface area (Å²) in [5.74, 6) is -0.0968. The molecule has 0 atom stereocenters. The molecule has 0 fully saturated rings. The minimum absolute atomic E-state index is 0. The van der Waals surface area contributed by atoms with Gasteiger partial charge in [0.25, 0.3) is 0 Å². The molecule has 8 heavy (non-hydrogen) atoms. The Hall–Kier alpha value is 0.260. The molecule has 0 N–H and O–H groups in total. The van der Waals surface area contributed by atoms with Gasteiger partial charge in [-0.05, 0) is 0 Å². The molecule has 48 valence electrons. The van der Waals surface area contributed by atoms with Crippen LogP contribution in [-0.4, -0.2) is 34.9 Å². The first-order chi connectivity index (χ1) is 3.81. The van der Waals surface area contributed by atoms with Gasteiger partial charge in [-0.25, -0.2) is 0 Å². The summed E-state index contributed by atoms with van der Waals surface area (Å²) in [6.07, 6.45) is 0.492. The summed E-state index contributed by atoms with van der Waals surface area (Å²) >= 11 is 1.67. The van der Waals surface area contributed by atoms with Gasteiger partial charge in [0.15, 0.2) is 0 Å². The van der Waals surface area contributed by atoms with Crippen LogP contribution in [0.5, 0.6) is 0 Å². The number of hydrogen-bond donors (Lipinski definition) is 0. The van der Waals surface area contributed by atoms with Crippen molar-refractivity contribution in [1.82, 2.24) is 0 Å². The van der Waals surface area contributed by atoms with Gasteiger partial charge in [0.05, 0.1) is 0 Å². The fourth-order valence-corrected chi connectivity index (χ4v) is 0.522. The largest absolute Gasteiger partial charge is 1.00 e. The molecular formula is C5H11O2Te+. The van der Waals surface area contributed by atoms with Gasteiger partial charge in [-0.2, -0.15) is 0 Å². The van der Waals surface area contributed by atoms with Crippen LogP contribution < -0.4 is 0 Å². The number of esters is 1. The van der Waals surface area contributed by atoms with Crippen molar-refractivity contribution in [3.05, 3.63) is 0 Å². The minimum Gasteiger partial charge on any atom is 1.00 e. The molecule has 0 aromatic rings. The van der Waals surface area contributed by atoms with Gasteiger partial charge in [-0.1, -0.05) is 0 Å². The predicted molar refractivity (Wildman–Crippen MR) is 34.3 cm³/mol. The molecule has 0 saturated carbocycles. The predicted octanol–water partition coefficient (Wildman–Crippen LogP) is 0.371. The van der Waals surface area contributed by atoms with Crippen molar-refractivity contribution in [3.63, 3.8) is 0 Å². The van der Waals surface area contributed by atoms with Crippen LogP contribution in [0.15, 0.2) is 0 Å². The Balaban J connectivity index is 0. The third-order valence-corrected chi connectivity index (χ3v) is 1.16. The zero-order valence-corrected chi connectivity index (χ0v) is 7.44. The molecule has 0 aromatic heterocycles. The van der Waals surface area contributed by atoms with Gasteiger partial charge in [0, 0.05) is 0 Å². The normalized spacial score (nSPS) is 8.75. The molecule has 0 saturated heterocycles. The summed E-state index contributed by atoms with van der Waals surface area (Å²) in [5.41, 5.74) is 0. The van der Waals surface area contributed by atoms with Crippen LogP contribution in [-0.2, 0) is 9.53 Å². The van der Waals surface area contributed by atoms with E-state index in [0.717, 1.165) is 4.47 Å². The summed E-state index contributed by atoms with van der Waals surface area (Å²) in [4.78, 5) is 10.4. The molecule has 0 spiro atoms. The summed E-state index contributed by atoms with van der Waals surface area (Å²) in [5, 5.41) is 0. The van der Waals surface area contributed by atoms with Gasteiger partial charge >= 0.3 is 63.6 Å². The quantitative estimate of drug-likeness (QED) is 0.518. The van der Waals surface area contributed by atoms with E-state index in [2.05, 4.69) is 0 Å². The van der Waals surface area contributed by atoms with E-state index >= 15 is 0 Å². The van der Waals surface area contributed by atoms with E-state index in [-0.39, 0.29) is 7.40 Å². The Morgan fingerprint density at radius 1 is 1.88 bits per heavy atom. The van der Waals surface area contributed by atoms with Gasteiger partial charge < -0.3 is 0 Å². The van der Waals surface area contributed by atoms with E-state index in [1.807, 2.05) is 0 Å². The van der Waals surface area contributed by atoms with E-state index in [4.69, 9.17) is 4.74 Å². The van der Waals surface area contributed by atoms with E-state index in [1.165, 1.54) is 0 Å². The zero-order valence-electron chi connectivity index (χ0n) is 5.89. The van der Waals surface area contributed by atoms with E-state index in [1.54, 1.807) is 29.2 Å². The van der Waals surface area contributed by atoms with Crippen LogP contribution >= 0.6 is 0 Å². The summed E-state index contributed by atoms with van der Waals surface area (Å²) in [6.45, 7) is 2.38. The molecule has 0 aliphatic heterocycles. The maximum atomic E-state index is 10.4. The molecule has 0 amide bonds. The second kappa shape index (κ2) is 5.40. The zero-order chi connectivity index (χ0) is 6.41. The first-order valence-corrected chi connectivity index (χ1v) is 4.38. The topological polar surface area (TPSA) is 26.3 Å². The van der Waals surface area contributed by atoms with Crippen LogP contribution in [0.4, 0.5) is 0 Å². The molecule has 0 rings (SSSR count). The van der Waals surface area contributed by atoms with Gasteiger partial charge in [0.1, 0.15) is 0 Å². The van der Waals surface area contributed by atoms with Crippen LogP contribution in [0.25, 0.3) is 0 Å². The minimum atomic E-state index is -0.0968. The smallest absolute Gasteiger partial charge is 1.00 e. The summed E-state index contributed by atoms with van der Waals surface area (Å²) < 4.78 is 5.67. The number of carbonyl (C=O) groups excluding carboxylic acids is 1. The van der Waals surface area contributed by atoms with Crippen LogP contribution in [0, 0.1) is 0 Å². The summed E-state index contributed by atoms with van der Waals surface area (Å²) in [7, 11) is 0. The first-order valence-electron chi connectivity index (χ1n) is 2.57. The van der Waals surface area contributed by atoms with Crippen molar-refractivity contribution >= 4 is 28.3 Å². The SMILES string of the molecule is CCC(=O)OCC[TeH].[H+]. The number of rotatable bonds is 3. The molecular weight excluding hydrogens is 220 g/mol. The van der Waals surface area contributed by atoms with Crippen LogP contribution in [0.2, 0.25) is 4.47 Å². The van der Waals surface area contributed by atoms with Crippen LogP contribution in [0.3, 0.4) is 0 Å². The van der Waals surface area contributed by atoms with Gasteiger partial charge in [0.2, 0.25) is 0 Å². The van der Waals surface area contributed by atoms with E-state index < -0.39 is 0 Å². The molecule has 0 unspecified atom stereocenters. The third-order valence-electron chi connectivity index (χ3n) is 0.643. The molecule has 3 heteroatoms. The second-order valence-electron chi connectivity index (χ2n) is 1.30.